The van der Waals surface area contributed by atoms with Gasteiger partial charge in [0.25, 0.3) is 0 Å². The Labute approximate surface area is 85.0 Å². The summed E-state index contributed by atoms with van der Waals surface area (Å²) < 4.78 is 1.19. The summed E-state index contributed by atoms with van der Waals surface area (Å²) in [5.41, 5.74) is 11.5. The fourth-order valence-electron chi connectivity index (χ4n) is 0.818. The van der Waals surface area contributed by atoms with E-state index in [9.17, 15) is 0 Å². The lowest BCUT2D eigenvalue weighted by molar-refractivity contribution is 1.05. The number of hydrogen-bond acceptors (Lipinski definition) is 1. The first-order chi connectivity index (χ1) is 5.68. The maximum absolute atomic E-state index is 5.20. The number of nitrogens with two attached hydrogens (primary N) is 2. The van der Waals surface area contributed by atoms with Crippen LogP contribution in [0.2, 0.25) is 0 Å². The quantitative estimate of drug-likeness (QED) is 0.481. The summed E-state index contributed by atoms with van der Waals surface area (Å²) in [6.45, 7) is 0.555. The van der Waals surface area contributed by atoms with Gasteiger partial charge in [-0.3, -0.25) is 0 Å². The van der Waals surface area contributed by atoms with E-state index < -0.39 is 0 Å². The van der Waals surface area contributed by atoms with Gasteiger partial charge in [-0.25, -0.2) is 4.99 Å². The molecule has 0 aliphatic rings. The van der Waals surface area contributed by atoms with E-state index in [-0.39, 0.29) is 5.96 Å². The fourth-order valence-corrected chi connectivity index (χ4v) is 1.43. The van der Waals surface area contributed by atoms with Crippen LogP contribution < -0.4 is 11.5 Å². The van der Waals surface area contributed by atoms with Gasteiger partial charge in [-0.2, -0.15) is 0 Å². The second-order valence-corrected chi connectivity index (χ2v) is 3.62. The number of rotatable bonds is 2. The third-order valence-electron chi connectivity index (χ3n) is 1.33. The van der Waals surface area contributed by atoms with E-state index in [1.165, 1.54) is 3.57 Å². The van der Waals surface area contributed by atoms with Gasteiger partial charge in [-0.15, -0.1) is 0 Å². The predicted molar refractivity (Wildman–Crippen MR) is 58.7 cm³/mol. The Kier molecular flexibility index (Phi) is 3.33. The number of aliphatic imine (C=N–C) groups is 1. The Hall–Kier alpha value is -0.780. The number of hydrogen-bond donors (Lipinski definition) is 2. The predicted octanol–water partition coefficient (Wildman–Crippen LogP) is 1.06. The van der Waals surface area contributed by atoms with Crippen molar-refractivity contribution in [2.45, 2.75) is 6.54 Å². The second kappa shape index (κ2) is 4.30. The van der Waals surface area contributed by atoms with Gasteiger partial charge in [0, 0.05) is 3.57 Å². The van der Waals surface area contributed by atoms with Crippen LogP contribution in [0.15, 0.2) is 29.3 Å². The van der Waals surface area contributed by atoms with Gasteiger partial charge in [-0.05, 0) is 40.3 Å². The van der Waals surface area contributed by atoms with Crippen LogP contribution in [0.1, 0.15) is 5.56 Å². The van der Waals surface area contributed by atoms with Crippen molar-refractivity contribution in [3.63, 3.8) is 0 Å². The third kappa shape index (κ3) is 3.08. The molecule has 0 bridgehead atoms. The monoisotopic (exact) mass is 273 g/mol. The summed E-state index contributed by atoms with van der Waals surface area (Å²) in [6.07, 6.45) is 0. The van der Waals surface area contributed by atoms with Gasteiger partial charge in [0.2, 0.25) is 0 Å². The van der Waals surface area contributed by atoms with Crippen LogP contribution in [-0.4, -0.2) is 5.96 Å². The Morgan fingerprint density at radius 1 is 1.42 bits per heavy atom. The number of nitrogens with zero attached hydrogens (tertiary/aromatic N) is 1. The van der Waals surface area contributed by atoms with Crippen LogP contribution in [0.3, 0.4) is 0 Å². The molecule has 0 atom stereocenters. The molecule has 12 heavy (non-hydrogen) atoms. The molecular weight excluding hydrogens is 263 g/mol. The normalized spacial score (nSPS) is 9.42. The smallest absolute Gasteiger partial charge is 0.186 e. The molecule has 0 fully saturated rings. The molecule has 0 saturated heterocycles. The molecular formula is C8H10IN3. The van der Waals surface area contributed by atoms with Crippen molar-refractivity contribution >= 4 is 28.6 Å². The molecule has 0 unspecified atom stereocenters. The highest BCUT2D eigenvalue weighted by Gasteiger charge is 1.91. The summed E-state index contributed by atoms with van der Waals surface area (Å²) in [7, 11) is 0. The van der Waals surface area contributed by atoms with Crippen LogP contribution in [0.25, 0.3) is 0 Å². The zero-order valence-corrected chi connectivity index (χ0v) is 8.65. The molecule has 0 heterocycles. The van der Waals surface area contributed by atoms with E-state index in [0.29, 0.717) is 6.54 Å². The van der Waals surface area contributed by atoms with E-state index in [2.05, 4.69) is 27.6 Å². The maximum Gasteiger partial charge on any atom is 0.186 e. The van der Waals surface area contributed by atoms with Crippen molar-refractivity contribution in [3.05, 3.63) is 33.4 Å². The topological polar surface area (TPSA) is 64.4 Å². The minimum atomic E-state index is 0.133. The van der Waals surface area contributed by atoms with E-state index in [4.69, 9.17) is 11.5 Å². The van der Waals surface area contributed by atoms with E-state index >= 15 is 0 Å². The van der Waals surface area contributed by atoms with Gasteiger partial charge >= 0.3 is 0 Å². The number of guanidine groups is 1. The average Bonchev–Trinajstić information content (AvgIpc) is 2.01. The largest absolute Gasteiger partial charge is 0.370 e. The lowest BCUT2D eigenvalue weighted by Crippen LogP contribution is -2.22. The highest BCUT2D eigenvalue weighted by atomic mass is 125. The van der Waals surface area contributed by atoms with Gasteiger partial charge in [0.1, 0.15) is 0 Å². The zero-order valence-electron chi connectivity index (χ0n) is 6.50. The molecule has 3 nitrogen and oxygen atoms in total. The van der Waals surface area contributed by atoms with E-state index in [0.717, 1.165) is 5.56 Å². The summed E-state index contributed by atoms with van der Waals surface area (Å²) in [5, 5.41) is 0. The van der Waals surface area contributed by atoms with Crippen LogP contribution >= 0.6 is 22.6 Å². The molecule has 64 valence electrons. The minimum absolute atomic E-state index is 0.133. The molecule has 1 aromatic carbocycles. The van der Waals surface area contributed by atoms with E-state index in [1.807, 2.05) is 24.3 Å². The minimum Gasteiger partial charge on any atom is -0.370 e. The Bertz CT molecular complexity index is 292. The maximum atomic E-state index is 5.20. The number of halogens is 1. The highest BCUT2D eigenvalue weighted by Crippen LogP contribution is 2.08. The van der Waals surface area contributed by atoms with E-state index in [1.54, 1.807) is 0 Å². The zero-order chi connectivity index (χ0) is 8.97. The molecule has 0 aliphatic heterocycles. The average molecular weight is 273 g/mol. The summed E-state index contributed by atoms with van der Waals surface area (Å²) in [4.78, 5) is 3.90. The molecule has 0 aliphatic carbocycles. The summed E-state index contributed by atoms with van der Waals surface area (Å²) >= 11 is 2.25. The number of benzene rings is 1. The molecule has 1 rings (SSSR count). The van der Waals surface area contributed by atoms with Crippen LogP contribution in [0.5, 0.6) is 0 Å². The SMILES string of the molecule is NC(N)=NCc1cccc([125I])c1. The second-order valence-electron chi connectivity index (χ2n) is 2.37. The first-order valence-corrected chi connectivity index (χ1v) is 4.56. The molecule has 0 amide bonds. The van der Waals surface area contributed by atoms with Crippen LogP contribution in [-0.2, 0) is 6.54 Å². The van der Waals surface area contributed by atoms with Crippen molar-refractivity contribution in [2.24, 2.45) is 16.5 Å². The third-order valence-corrected chi connectivity index (χ3v) is 2.00. The van der Waals surface area contributed by atoms with Gasteiger partial charge in [-0.1, -0.05) is 12.1 Å². The molecule has 4 heteroatoms. The Morgan fingerprint density at radius 2 is 2.17 bits per heavy atom. The van der Waals surface area contributed by atoms with Crippen molar-refractivity contribution in [2.75, 3.05) is 0 Å². The lowest BCUT2D eigenvalue weighted by Gasteiger charge is -1.97. The van der Waals surface area contributed by atoms with Crippen molar-refractivity contribution < 1.29 is 0 Å². The van der Waals surface area contributed by atoms with Gasteiger partial charge < -0.3 is 11.5 Å². The lowest BCUT2D eigenvalue weighted by atomic mass is 10.2. The first kappa shape index (κ1) is 9.31. The summed E-state index contributed by atoms with van der Waals surface area (Å²) in [6, 6.07) is 8.06. The fraction of sp³-hybridized carbons (Fsp3) is 0.125. The van der Waals surface area contributed by atoms with Crippen molar-refractivity contribution in [3.8, 4) is 0 Å². The Morgan fingerprint density at radius 3 is 2.75 bits per heavy atom. The van der Waals surface area contributed by atoms with Crippen molar-refractivity contribution in [1.29, 1.82) is 0 Å². The highest BCUT2D eigenvalue weighted by molar-refractivity contribution is 14.1. The Balaban J connectivity index is 2.70. The molecule has 0 radical (unpaired) electrons. The van der Waals surface area contributed by atoms with Gasteiger partial charge in [0.05, 0.1) is 6.54 Å². The van der Waals surface area contributed by atoms with Crippen molar-refractivity contribution in [1.82, 2.24) is 0 Å². The molecule has 4 N–H and O–H groups in total. The molecule has 0 saturated carbocycles. The van der Waals surface area contributed by atoms with Crippen LogP contribution in [0.4, 0.5) is 0 Å². The standard InChI is InChI=1S/C8H10IN3/c9-7-3-1-2-6(4-7)5-12-8(10)11/h1-4H,5H2,(H4,10,11,12)/i9-2. The van der Waals surface area contributed by atoms with Gasteiger partial charge in [0.15, 0.2) is 5.96 Å². The summed E-state index contributed by atoms with van der Waals surface area (Å²) in [5.74, 6) is 0.133. The molecule has 0 aromatic heterocycles. The van der Waals surface area contributed by atoms with Crippen LogP contribution in [0, 0.1) is 3.57 Å². The molecule has 0 spiro atoms. The first-order valence-electron chi connectivity index (χ1n) is 3.48. The molecule has 1 aromatic rings.